The molecule has 0 spiro atoms. The molecule has 1 amide bonds. The molecule has 0 fully saturated rings. The molecule has 0 bridgehead atoms. The van der Waals surface area contributed by atoms with Gasteiger partial charge >= 0.3 is 0 Å². The van der Waals surface area contributed by atoms with Crippen molar-refractivity contribution in [1.82, 2.24) is 35.5 Å². The monoisotopic (exact) mass is 1040 g/mol. The van der Waals surface area contributed by atoms with Gasteiger partial charge in [-0.2, -0.15) is 10.2 Å². The van der Waals surface area contributed by atoms with Crippen LogP contribution in [-0.2, 0) is 22.6 Å². The van der Waals surface area contributed by atoms with Crippen LogP contribution in [-0.4, -0.2) is 159 Å². The molecular formula is C52H79N15O8. The molecule has 23 heteroatoms. The average Bonchev–Trinajstić information content (AvgIpc) is 4.00. The summed E-state index contributed by atoms with van der Waals surface area (Å²) in [5, 5.41) is 17.5. The van der Waals surface area contributed by atoms with Crippen molar-refractivity contribution in [3.8, 4) is 11.5 Å². The molecule has 0 saturated heterocycles. The summed E-state index contributed by atoms with van der Waals surface area (Å²) in [7, 11) is 9.93. The minimum atomic E-state index is -0.628. The lowest BCUT2D eigenvalue weighted by molar-refractivity contribution is -0.107. The Morgan fingerprint density at radius 1 is 0.760 bits per heavy atom. The number of aryl methyl sites for hydroxylation is 4. The smallest absolute Gasteiger partial charge is 0.248 e. The number of carbonyl (C=O) groups excluding carboxylic acids is 5. The topological polar surface area (TPSA) is 306 Å². The number of hydrogen-bond donors (Lipinski definition) is 6. The SMILES string of the molecule is C=Nc1cc(C=O)cc(OC)c1N(C/C=C/CN(CNC)c1c(N=C)cc(C(N)=O)cc1OC/C=C/CN=C/C(=C\N)NCCC=O)CNC.CCn1nc(C)cc1C=O.CCn1nc(C)cc1C=O.CN.COC. The van der Waals surface area contributed by atoms with Gasteiger partial charge in [0.25, 0.3) is 0 Å². The van der Waals surface area contributed by atoms with E-state index >= 15 is 0 Å². The molecule has 23 nitrogen and oxygen atoms in total. The lowest BCUT2D eigenvalue weighted by Gasteiger charge is -2.28. The summed E-state index contributed by atoms with van der Waals surface area (Å²) in [6, 6.07) is 10.0. The first kappa shape index (κ1) is 66.9. The Morgan fingerprint density at radius 2 is 1.28 bits per heavy atom. The maximum Gasteiger partial charge on any atom is 0.248 e. The van der Waals surface area contributed by atoms with Gasteiger partial charge in [-0.15, -0.1) is 0 Å². The number of aromatic nitrogens is 4. The number of nitrogens with zero attached hydrogens (tertiary/aromatic N) is 9. The number of methoxy groups -OCH3 is 2. The van der Waals surface area contributed by atoms with Gasteiger partial charge in [0.2, 0.25) is 5.91 Å². The van der Waals surface area contributed by atoms with Gasteiger partial charge in [-0.25, -0.2) is 0 Å². The van der Waals surface area contributed by atoms with Crippen LogP contribution in [0.1, 0.15) is 73.3 Å². The van der Waals surface area contributed by atoms with Crippen LogP contribution in [0.4, 0.5) is 22.7 Å². The number of aldehydes is 4. The number of carbonyl (C=O) groups is 5. The van der Waals surface area contributed by atoms with E-state index in [1.165, 1.54) is 20.4 Å². The number of anilines is 2. The lowest BCUT2D eigenvalue weighted by atomic mass is 10.1. The van der Waals surface area contributed by atoms with Gasteiger partial charge in [0.1, 0.15) is 53.4 Å². The second-order valence-corrected chi connectivity index (χ2v) is 15.1. The summed E-state index contributed by atoms with van der Waals surface area (Å²) >= 11 is 0. The van der Waals surface area contributed by atoms with Crippen LogP contribution >= 0.6 is 0 Å². The molecule has 2 heterocycles. The molecule has 410 valence electrons. The van der Waals surface area contributed by atoms with Crippen molar-refractivity contribution in [3.63, 3.8) is 0 Å². The molecule has 0 saturated carbocycles. The van der Waals surface area contributed by atoms with Crippen LogP contribution in [0.15, 0.2) is 87.6 Å². The fraction of sp³-hybridized carbons (Fsp3) is 0.385. The molecule has 0 atom stereocenters. The van der Waals surface area contributed by atoms with Crippen molar-refractivity contribution in [2.75, 3.05) is 98.4 Å². The van der Waals surface area contributed by atoms with E-state index in [2.05, 4.69) is 65.0 Å². The number of benzene rings is 2. The Hall–Kier alpha value is -8.12. The number of rotatable bonds is 29. The minimum Gasteiger partial charge on any atom is -0.494 e. The third-order valence-corrected chi connectivity index (χ3v) is 9.68. The van der Waals surface area contributed by atoms with Gasteiger partial charge in [0.15, 0.2) is 12.6 Å². The lowest BCUT2D eigenvalue weighted by Crippen LogP contribution is -2.34. The Labute approximate surface area is 441 Å². The fourth-order valence-corrected chi connectivity index (χ4v) is 6.56. The van der Waals surface area contributed by atoms with Gasteiger partial charge in [0.05, 0.1) is 55.5 Å². The zero-order valence-corrected chi connectivity index (χ0v) is 45.2. The number of allylic oxidation sites excluding steroid dienone is 1. The van der Waals surface area contributed by atoms with Gasteiger partial charge in [-0.05, 0) is 105 Å². The van der Waals surface area contributed by atoms with E-state index in [0.29, 0.717) is 103 Å². The number of amides is 1. The Balaban J connectivity index is 0.00000177. The fourth-order valence-electron chi connectivity index (χ4n) is 6.56. The first-order chi connectivity index (χ1) is 36.3. The van der Waals surface area contributed by atoms with E-state index in [4.69, 9.17) is 20.9 Å². The molecule has 9 N–H and O–H groups in total. The molecule has 0 aliphatic rings. The first-order valence-corrected chi connectivity index (χ1v) is 23.7. The van der Waals surface area contributed by atoms with Crippen molar-refractivity contribution in [3.05, 3.63) is 107 Å². The second-order valence-electron chi connectivity index (χ2n) is 15.1. The Kier molecular flexibility index (Phi) is 36.0. The first-order valence-electron chi connectivity index (χ1n) is 23.7. The van der Waals surface area contributed by atoms with Gasteiger partial charge < -0.3 is 62.0 Å². The van der Waals surface area contributed by atoms with Crippen LogP contribution in [0.25, 0.3) is 0 Å². The number of ether oxygens (including phenoxy) is 3. The zero-order chi connectivity index (χ0) is 56.6. The van der Waals surface area contributed by atoms with E-state index in [1.54, 1.807) is 72.3 Å². The molecule has 4 rings (SSSR count). The summed E-state index contributed by atoms with van der Waals surface area (Å²) in [6.45, 7) is 19.3. The summed E-state index contributed by atoms with van der Waals surface area (Å²) < 4.78 is 19.4. The number of nitrogens with two attached hydrogens (primary N) is 3. The van der Waals surface area contributed by atoms with E-state index in [-0.39, 0.29) is 12.2 Å². The number of aliphatic imine (C=N–C) groups is 3. The minimum absolute atomic E-state index is 0.172. The van der Waals surface area contributed by atoms with Crippen molar-refractivity contribution in [2.24, 2.45) is 32.2 Å². The molecule has 0 radical (unpaired) electrons. The zero-order valence-electron chi connectivity index (χ0n) is 45.2. The molecule has 0 aliphatic heterocycles. The number of primary amides is 1. The Bertz CT molecular complexity index is 2430. The summed E-state index contributed by atoms with van der Waals surface area (Å²) in [5.74, 6) is 0.264. The van der Waals surface area contributed by atoms with Crippen LogP contribution in [0.5, 0.6) is 11.5 Å². The van der Waals surface area contributed by atoms with E-state index in [1.807, 2.05) is 69.8 Å². The standard InChI is InChI=1S/C35H48N10O5.2C7H10N2O.C2H6O.CH5N/c1-38-24-44(33-29(40-3)17-26(23-47)18-31(33)49-5)13-7-8-14-45(25-39-2)34-30(41-4)19-27(35(37)48)20-32(34)50-16-9-6-11-42-22-28(21-36)43-12-10-15-46;2*1-3-9-7(5-10)4-6(2)8-9;1-3-2;1-2/h6-9,15,17-23,38-39,43H,3-4,10-14,16,24-25,36H2,1-2,5H3,(H2,37,48);2*4-5H,3H2,1-2H3;1-2H3;2H2,1H3/b8-7+,9-6+,28-21+,42-22?;;;;. The highest BCUT2D eigenvalue weighted by atomic mass is 16.5. The molecule has 75 heavy (non-hydrogen) atoms. The van der Waals surface area contributed by atoms with Crippen molar-refractivity contribution >= 4 is 73.5 Å². The maximum atomic E-state index is 12.2. The van der Waals surface area contributed by atoms with Crippen molar-refractivity contribution < 1.29 is 38.2 Å². The number of hydrogen-bond acceptors (Lipinski definition) is 20. The van der Waals surface area contributed by atoms with Crippen molar-refractivity contribution in [2.45, 2.75) is 47.2 Å². The van der Waals surface area contributed by atoms with Gasteiger partial charge in [-0.3, -0.25) is 43.5 Å². The Morgan fingerprint density at radius 3 is 1.69 bits per heavy atom. The van der Waals surface area contributed by atoms with Crippen molar-refractivity contribution in [1.29, 1.82) is 0 Å². The molecule has 0 aliphatic carbocycles. The molecule has 4 aromatic rings. The number of nitrogens with one attached hydrogen (secondary N) is 3. The maximum absolute atomic E-state index is 12.2. The molecular weight excluding hydrogens is 963 g/mol. The molecule has 0 unspecified atom stereocenters. The van der Waals surface area contributed by atoms with E-state index in [9.17, 15) is 24.0 Å². The summed E-state index contributed by atoms with van der Waals surface area (Å²) in [5.41, 5.74) is 22.3. The predicted octanol–water partition coefficient (Wildman–Crippen LogP) is 4.36. The summed E-state index contributed by atoms with van der Waals surface area (Å²) in [4.78, 5) is 71.4. The molecule has 2 aromatic carbocycles. The largest absolute Gasteiger partial charge is 0.494 e. The third kappa shape index (κ3) is 24.0. The highest BCUT2D eigenvalue weighted by Crippen LogP contribution is 2.40. The van der Waals surface area contributed by atoms with Gasteiger partial charge in [0, 0.05) is 76.9 Å². The normalized spacial score (nSPS) is 10.6. The summed E-state index contributed by atoms with van der Waals surface area (Å²) in [6.07, 6.45) is 14.1. The highest BCUT2D eigenvalue weighted by molar-refractivity contribution is 5.96. The predicted molar refractivity (Wildman–Crippen MR) is 301 cm³/mol. The van der Waals surface area contributed by atoms with Crippen LogP contribution in [0.3, 0.4) is 0 Å². The van der Waals surface area contributed by atoms with Crippen LogP contribution in [0, 0.1) is 13.8 Å². The second kappa shape index (κ2) is 40.4. The molecule has 2 aromatic heterocycles. The van der Waals surface area contributed by atoms with Gasteiger partial charge in [-0.1, -0.05) is 18.2 Å². The van der Waals surface area contributed by atoms with E-state index < -0.39 is 5.91 Å². The quantitative estimate of drug-likeness (QED) is 0.0145. The average molecular weight is 1040 g/mol. The third-order valence-electron chi connectivity index (χ3n) is 9.68. The van der Waals surface area contributed by atoms with E-state index in [0.717, 1.165) is 49.6 Å². The highest BCUT2D eigenvalue weighted by Gasteiger charge is 2.20. The van der Waals surface area contributed by atoms with Crippen LogP contribution in [0.2, 0.25) is 0 Å². The van der Waals surface area contributed by atoms with Crippen LogP contribution < -0.4 is 52.4 Å².